The second-order valence-corrected chi connectivity index (χ2v) is 4.81. The molecule has 0 aliphatic heterocycles. The molecule has 0 radical (unpaired) electrons. The van der Waals surface area contributed by atoms with Gasteiger partial charge in [0.05, 0.1) is 4.92 Å². The van der Waals surface area contributed by atoms with Crippen molar-refractivity contribution in [1.29, 1.82) is 0 Å². The van der Waals surface area contributed by atoms with Gasteiger partial charge < -0.3 is 10.0 Å². The summed E-state index contributed by atoms with van der Waals surface area (Å²) in [5, 5.41) is 20.5. The topological polar surface area (TPSA) is 83.7 Å². The van der Waals surface area contributed by atoms with Crippen molar-refractivity contribution in [3.8, 4) is 0 Å². The van der Waals surface area contributed by atoms with Gasteiger partial charge in [0.1, 0.15) is 11.2 Å². The van der Waals surface area contributed by atoms with Gasteiger partial charge in [-0.05, 0) is 33.8 Å². The number of nitrogens with zero attached hydrogens (tertiary/aromatic N) is 2. The van der Waals surface area contributed by atoms with E-state index in [9.17, 15) is 20.0 Å². The molecule has 0 saturated carbocycles. The molecule has 19 heavy (non-hydrogen) atoms. The third-order valence-corrected chi connectivity index (χ3v) is 3.20. The van der Waals surface area contributed by atoms with Gasteiger partial charge in [-0.1, -0.05) is 12.1 Å². The second-order valence-electron chi connectivity index (χ2n) is 4.81. The van der Waals surface area contributed by atoms with E-state index in [1.807, 2.05) is 0 Å². The number of nitro groups is 1. The minimum atomic E-state index is -1.21. The van der Waals surface area contributed by atoms with E-state index in [-0.39, 0.29) is 5.69 Å². The van der Waals surface area contributed by atoms with Crippen molar-refractivity contribution in [3.63, 3.8) is 0 Å². The number of benzene rings is 1. The number of para-hydroxylation sites is 1. The summed E-state index contributed by atoms with van der Waals surface area (Å²) in [6.07, 6.45) is 0. The normalized spacial score (nSPS) is 11.2. The number of rotatable bonds is 5. The number of carboxylic acids is 1. The fourth-order valence-electron chi connectivity index (χ4n) is 2.08. The summed E-state index contributed by atoms with van der Waals surface area (Å²) in [6.45, 7) is 6.85. The number of carboxylic acid groups (broad SMARTS) is 1. The molecule has 0 heterocycles. The van der Waals surface area contributed by atoms with E-state index >= 15 is 0 Å². The highest BCUT2D eigenvalue weighted by molar-refractivity contribution is 5.84. The number of aliphatic carboxylic acids is 1. The molecular weight excluding hydrogens is 248 g/mol. The van der Waals surface area contributed by atoms with Crippen LogP contribution in [0, 0.1) is 17.0 Å². The van der Waals surface area contributed by atoms with Crippen LogP contribution in [0.3, 0.4) is 0 Å². The molecule has 0 fully saturated rings. The minimum absolute atomic E-state index is 0.0429. The highest BCUT2D eigenvalue weighted by atomic mass is 16.6. The van der Waals surface area contributed by atoms with E-state index < -0.39 is 16.4 Å². The molecule has 6 heteroatoms. The van der Waals surface area contributed by atoms with Crippen LogP contribution in [-0.4, -0.2) is 28.1 Å². The molecule has 0 spiro atoms. The third kappa shape index (κ3) is 2.67. The number of carbonyl (C=O) groups is 1. The zero-order valence-electron chi connectivity index (χ0n) is 11.5. The number of aryl methyl sites for hydroxylation is 1. The third-order valence-electron chi connectivity index (χ3n) is 3.20. The summed E-state index contributed by atoms with van der Waals surface area (Å²) in [7, 11) is 0. The van der Waals surface area contributed by atoms with Crippen LogP contribution in [-0.2, 0) is 4.79 Å². The molecule has 1 rings (SSSR count). The molecule has 0 amide bonds. The second kappa shape index (κ2) is 5.26. The Kier molecular flexibility index (Phi) is 4.14. The molecule has 6 nitrogen and oxygen atoms in total. The van der Waals surface area contributed by atoms with Gasteiger partial charge in [-0.2, -0.15) is 0 Å². The Balaban J connectivity index is 3.47. The van der Waals surface area contributed by atoms with Crippen molar-refractivity contribution < 1.29 is 14.8 Å². The largest absolute Gasteiger partial charge is 0.480 e. The molecule has 104 valence electrons. The fourth-order valence-corrected chi connectivity index (χ4v) is 2.08. The van der Waals surface area contributed by atoms with E-state index in [2.05, 4.69) is 0 Å². The van der Waals surface area contributed by atoms with Crippen molar-refractivity contribution in [2.75, 3.05) is 11.4 Å². The number of hydrogen-bond acceptors (Lipinski definition) is 4. The van der Waals surface area contributed by atoms with Gasteiger partial charge in [0.2, 0.25) is 0 Å². The molecular formula is C13H18N2O4. The van der Waals surface area contributed by atoms with Crippen LogP contribution in [0.25, 0.3) is 0 Å². The van der Waals surface area contributed by atoms with E-state index in [1.54, 1.807) is 32.0 Å². The number of hydrogen-bond donors (Lipinski definition) is 1. The monoisotopic (exact) mass is 266 g/mol. The molecule has 0 aliphatic carbocycles. The van der Waals surface area contributed by atoms with Crippen LogP contribution in [0.15, 0.2) is 18.2 Å². The molecule has 0 aliphatic rings. The SMILES string of the molecule is CCN(c1cccc(C)c1[N+](=O)[O-])C(C)(C)C(=O)O. The highest BCUT2D eigenvalue weighted by Gasteiger charge is 2.37. The average Bonchev–Trinajstić information content (AvgIpc) is 2.28. The number of likely N-dealkylation sites (N-methyl/N-ethyl adjacent to an activating group) is 1. The van der Waals surface area contributed by atoms with E-state index in [4.69, 9.17) is 0 Å². The Morgan fingerprint density at radius 3 is 2.47 bits per heavy atom. The standard InChI is InChI=1S/C13H18N2O4/c1-5-14(13(3,4)12(16)17)10-8-6-7-9(2)11(10)15(18)19/h6-8H,5H2,1-4H3,(H,16,17). The van der Waals surface area contributed by atoms with Crippen LogP contribution in [0.1, 0.15) is 26.3 Å². The van der Waals surface area contributed by atoms with Crippen molar-refractivity contribution >= 4 is 17.3 Å². The number of anilines is 1. The maximum atomic E-state index is 11.3. The Hall–Kier alpha value is -2.11. The molecule has 0 bridgehead atoms. The smallest absolute Gasteiger partial charge is 0.328 e. The molecule has 0 saturated heterocycles. The predicted octanol–water partition coefficient (Wildman–Crippen LogP) is 2.59. The van der Waals surface area contributed by atoms with Gasteiger partial charge in [0.15, 0.2) is 0 Å². The summed E-state index contributed by atoms with van der Waals surface area (Å²) in [6, 6.07) is 4.92. The lowest BCUT2D eigenvalue weighted by atomic mass is 10.0. The van der Waals surface area contributed by atoms with Crippen molar-refractivity contribution in [1.82, 2.24) is 0 Å². The Bertz CT molecular complexity index is 511. The van der Waals surface area contributed by atoms with Gasteiger partial charge in [-0.3, -0.25) is 10.1 Å². The molecule has 0 unspecified atom stereocenters. The first-order valence-electron chi connectivity index (χ1n) is 5.98. The van der Waals surface area contributed by atoms with Crippen LogP contribution >= 0.6 is 0 Å². The van der Waals surface area contributed by atoms with Gasteiger partial charge in [-0.25, -0.2) is 4.79 Å². The van der Waals surface area contributed by atoms with E-state index in [0.717, 1.165) is 0 Å². The quantitative estimate of drug-likeness (QED) is 0.654. The fraction of sp³-hybridized carbons (Fsp3) is 0.462. The Morgan fingerprint density at radius 2 is 2.05 bits per heavy atom. The lowest BCUT2D eigenvalue weighted by molar-refractivity contribution is -0.384. The number of nitro benzene ring substituents is 1. The summed E-state index contributed by atoms with van der Waals surface area (Å²) >= 11 is 0. The first-order valence-corrected chi connectivity index (χ1v) is 5.98. The van der Waals surface area contributed by atoms with Gasteiger partial charge in [-0.15, -0.1) is 0 Å². The maximum absolute atomic E-state index is 11.3. The molecule has 0 atom stereocenters. The predicted molar refractivity (Wildman–Crippen MR) is 72.6 cm³/mol. The van der Waals surface area contributed by atoms with Crippen molar-refractivity contribution in [3.05, 3.63) is 33.9 Å². The molecule has 0 aromatic heterocycles. The zero-order valence-corrected chi connectivity index (χ0v) is 11.5. The average molecular weight is 266 g/mol. The minimum Gasteiger partial charge on any atom is -0.480 e. The Labute approximate surface area is 111 Å². The van der Waals surface area contributed by atoms with Crippen LogP contribution in [0.5, 0.6) is 0 Å². The lowest BCUT2D eigenvalue weighted by Crippen LogP contribution is -2.50. The zero-order chi connectivity index (χ0) is 14.8. The van der Waals surface area contributed by atoms with Crippen LogP contribution < -0.4 is 4.90 Å². The first-order chi connectivity index (χ1) is 8.73. The maximum Gasteiger partial charge on any atom is 0.328 e. The van der Waals surface area contributed by atoms with Crippen molar-refractivity contribution in [2.24, 2.45) is 0 Å². The van der Waals surface area contributed by atoms with Crippen molar-refractivity contribution in [2.45, 2.75) is 33.2 Å². The first kappa shape index (κ1) is 14.9. The van der Waals surface area contributed by atoms with E-state index in [1.165, 1.54) is 18.7 Å². The summed E-state index contributed by atoms with van der Waals surface area (Å²) in [5.41, 5.74) is -0.409. The summed E-state index contributed by atoms with van der Waals surface area (Å²) < 4.78 is 0. The van der Waals surface area contributed by atoms with Crippen LogP contribution in [0.4, 0.5) is 11.4 Å². The lowest BCUT2D eigenvalue weighted by Gasteiger charge is -2.35. The summed E-state index contributed by atoms with van der Waals surface area (Å²) in [5.74, 6) is -1.02. The van der Waals surface area contributed by atoms with Crippen LogP contribution in [0.2, 0.25) is 0 Å². The van der Waals surface area contributed by atoms with Gasteiger partial charge >= 0.3 is 5.97 Å². The highest BCUT2D eigenvalue weighted by Crippen LogP contribution is 2.35. The van der Waals surface area contributed by atoms with Gasteiger partial charge in [0.25, 0.3) is 5.69 Å². The Morgan fingerprint density at radius 1 is 1.47 bits per heavy atom. The summed E-state index contributed by atoms with van der Waals surface area (Å²) in [4.78, 5) is 23.6. The van der Waals surface area contributed by atoms with Gasteiger partial charge in [0, 0.05) is 12.1 Å². The molecule has 1 N–H and O–H groups in total. The molecule has 1 aromatic rings. The molecule has 1 aromatic carbocycles. The van der Waals surface area contributed by atoms with E-state index in [0.29, 0.717) is 17.8 Å².